The van der Waals surface area contributed by atoms with Crippen LogP contribution in [0.2, 0.25) is 0 Å². The summed E-state index contributed by atoms with van der Waals surface area (Å²) in [6.07, 6.45) is 10.0. The van der Waals surface area contributed by atoms with E-state index in [1.54, 1.807) is 19.0 Å². The number of hydrogen-bond donors (Lipinski definition) is 2. The number of aliphatic imine (C=N–C) groups is 1. The van der Waals surface area contributed by atoms with E-state index in [1.165, 1.54) is 44.9 Å². The summed E-state index contributed by atoms with van der Waals surface area (Å²) in [6.45, 7) is 5.65. The fraction of sp³-hybridized carbons (Fsp3) is 0.889. The Morgan fingerprint density at radius 1 is 1.25 bits per heavy atom. The molecule has 0 aromatic rings. The van der Waals surface area contributed by atoms with Gasteiger partial charge in [-0.1, -0.05) is 32.1 Å². The molecule has 1 saturated carbocycles. The molecule has 142 valence electrons. The molecule has 0 heterocycles. The summed E-state index contributed by atoms with van der Waals surface area (Å²) in [6, 6.07) is 0.416. The second-order valence-corrected chi connectivity index (χ2v) is 6.93. The second kappa shape index (κ2) is 13.7. The minimum Gasteiger partial charge on any atom is -0.357 e. The smallest absolute Gasteiger partial charge is 0.223 e. The SMILES string of the molecule is CCNC(=NCCC(=O)N(C)C)NC(C)CCC1CCCCC1.I. The summed E-state index contributed by atoms with van der Waals surface area (Å²) in [4.78, 5) is 17.7. The Kier molecular flexibility index (Phi) is 13.4. The van der Waals surface area contributed by atoms with Crippen molar-refractivity contribution in [3.8, 4) is 0 Å². The van der Waals surface area contributed by atoms with Gasteiger partial charge in [0.15, 0.2) is 5.96 Å². The van der Waals surface area contributed by atoms with Crippen molar-refractivity contribution in [2.45, 2.75) is 71.3 Å². The highest BCUT2D eigenvalue weighted by Gasteiger charge is 2.15. The number of halogens is 1. The average Bonchev–Trinajstić information content (AvgIpc) is 2.54. The number of carbonyl (C=O) groups is 1. The van der Waals surface area contributed by atoms with Gasteiger partial charge in [0.05, 0.1) is 6.54 Å². The zero-order valence-corrected chi connectivity index (χ0v) is 18.3. The lowest BCUT2D eigenvalue weighted by molar-refractivity contribution is -0.128. The van der Waals surface area contributed by atoms with Gasteiger partial charge in [0.25, 0.3) is 0 Å². The minimum absolute atomic E-state index is 0. The van der Waals surface area contributed by atoms with Crippen LogP contribution in [-0.4, -0.2) is 50.0 Å². The van der Waals surface area contributed by atoms with Gasteiger partial charge in [-0.15, -0.1) is 24.0 Å². The lowest BCUT2D eigenvalue weighted by Gasteiger charge is -2.24. The summed E-state index contributed by atoms with van der Waals surface area (Å²) in [7, 11) is 3.56. The van der Waals surface area contributed by atoms with Gasteiger partial charge in [-0.2, -0.15) is 0 Å². The topological polar surface area (TPSA) is 56.7 Å². The number of nitrogens with zero attached hydrogens (tertiary/aromatic N) is 2. The molecular weight excluding hydrogens is 415 g/mol. The summed E-state index contributed by atoms with van der Waals surface area (Å²) in [5, 5.41) is 6.74. The minimum atomic E-state index is 0. The fourth-order valence-corrected chi connectivity index (χ4v) is 3.07. The normalized spacial score (nSPS) is 16.9. The summed E-state index contributed by atoms with van der Waals surface area (Å²) in [5.41, 5.74) is 0. The van der Waals surface area contributed by atoms with E-state index in [0.29, 0.717) is 19.0 Å². The Morgan fingerprint density at radius 3 is 2.50 bits per heavy atom. The number of nitrogens with one attached hydrogen (secondary N) is 2. The van der Waals surface area contributed by atoms with Crippen LogP contribution in [0.4, 0.5) is 0 Å². The van der Waals surface area contributed by atoms with Crippen LogP contribution in [0.25, 0.3) is 0 Å². The van der Waals surface area contributed by atoms with Gasteiger partial charge in [-0.3, -0.25) is 9.79 Å². The first-order valence-corrected chi connectivity index (χ1v) is 9.28. The van der Waals surface area contributed by atoms with E-state index < -0.39 is 0 Å². The number of amides is 1. The van der Waals surface area contributed by atoms with Gasteiger partial charge in [0, 0.05) is 33.1 Å². The quantitative estimate of drug-likeness (QED) is 0.337. The van der Waals surface area contributed by atoms with Crippen molar-refractivity contribution >= 4 is 35.8 Å². The van der Waals surface area contributed by atoms with Crippen molar-refractivity contribution in [3.63, 3.8) is 0 Å². The Hall–Kier alpha value is -0.530. The number of carbonyl (C=O) groups excluding carboxylic acids is 1. The van der Waals surface area contributed by atoms with Crippen LogP contribution in [0.15, 0.2) is 4.99 Å². The molecule has 0 radical (unpaired) electrons. The molecule has 1 fully saturated rings. The van der Waals surface area contributed by atoms with E-state index in [9.17, 15) is 4.79 Å². The van der Waals surface area contributed by atoms with Crippen molar-refractivity contribution in [2.75, 3.05) is 27.2 Å². The molecule has 0 aromatic carbocycles. The van der Waals surface area contributed by atoms with Crippen LogP contribution in [0.3, 0.4) is 0 Å². The van der Waals surface area contributed by atoms with E-state index in [2.05, 4.69) is 29.5 Å². The molecule has 6 heteroatoms. The molecule has 1 unspecified atom stereocenters. The third-order valence-electron chi connectivity index (χ3n) is 4.55. The Morgan fingerprint density at radius 2 is 1.92 bits per heavy atom. The van der Waals surface area contributed by atoms with Crippen molar-refractivity contribution in [1.29, 1.82) is 0 Å². The lowest BCUT2D eigenvalue weighted by Crippen LogP contribution is -2.42. The standard InChI is InChI=1S/C18H36N4O.HI/c1-5-19-18(20-14-13-17(23)22(3)4)21-15(2)11-12-16-9-7-6-8-10-16;/h15-16H,5-14H2,1-4H3,(H2,19,20,21);1H. The van der Waals surface area contributed by atoms with Crippen LogP contribution < -0.4 is 10.6 Å². The van der Waals surface area contributed by atoms with Crippen LogP contribution >= 0.6 is 24.0 Å². The van der Waals surface area contributed by atoms with Gasteiger partial charge in [-0.05, 0) is 32.6 Å². The monoisotopic (exact) mass is 452 g/mol. The fourth-order valence-electron chi connectivity index (χ4n) is 3.07. The highest BCUT2D eigenvalue weighted by atomic mass is 127. The Labute approximate surface area is 165 Å². The van der Waals surface area contributed by atoms with E-state index in [-0.39, 0.29) is 29.9 Å². The van der Waals surface area contributed by atoms with Crippen molar-refractivity contribution < 1.29 is 4.79 Å². The lowest BCUT2D eigenvalue weighted by atomic mass is 9.85. The summed E-state index contributed by atoms with van der Waals surface area (Å²) >= 11 is 0. The molecule has 1 rings (SSSR count). The highest BCUT2D eigenvalue weighted by Crippen LogP contribution is 2.27. The van der Waals surface area contributed by atoms with E-state index in [0.717, 1.165) is 18.4 Å². The van der Waals surface area contributed by atoms with E-state index in [4.69, 9.17) is 0 Å². The first kappa shape index (κ1) is 23.5. The molecule has 0 bridgehead atoms. The van der Waals surface area contributed by atoms with Gasteiger partial charge in [0.1, 0.15) is 0 Å². The van der Waals surface area contributed by atoms with Crippen LogP contribution in [0.5, 0.6) is 0 Å². The van der Waals surface area contributed by atoms with Crippen LogP contribution in [0, 0.1) is 5.92 Å². The summed E-state index contributed by atoms with van der Waals surface area (Å²) < 4.78 is 0. The molecule has 0 aromatic heterocycles. The molecule has 1 atom stereocenters. The van der Waals surface area contributed by atoms with Gasteiger partial charge >= 0.3 is 0 Å². The zero-order chi connectivity index (χ0) is 17.1. The molecule has 2 N–H and O–H groups in total. The molecular formula is C18H37IN4O. The van der Waals surface area contributed by atoms with Crippen molar-refractivity contribution in [3.05, 3.63) is 0 Å². The van der Waals surface area contributed by atoms with Gasteiger partial charge < -0.3 is 15.5 Å². The third-order valence-corrected chi connectivity index (χ3v) is 4.55. The molecule has 1 aliphatic rings. The maximum absolute atomic E-state index is 11.6. The molecule has 0 spiro atoms. The van der Waals surface area contributed by atoms with Crippen LogP contribution in [-0.2, 0) is 4.79 Å². The maximum Gasteiger partial charge on any atom is 0.223 e. The van der Waals surface area contributed by atoms with Crippen LogP contribution in [0.1, 0.15) is 65.2 Å². The molecule has 0 aliphatic heterocycles. The molecule has 24 heavy (non-hydrogen) atoms. The van der Waals surface area contributed by atoms with Gasteiger partial charge in [-0.25, -0.2) is 0 Å². The highest BCUT2D eigenvalue weighted by molar-refractivity contribution is 14.0. The van der Waals surface area contributed by atoms with Crippen molar-refractivity contribution in [1.82, 2.24) is 15.5 Å². The second-order valence-electron chi connectivity index (χ2n) is 6.93. The first-order chi connectivity index (χ1) is 11.0. The number of rotatable bonds is 8. The maximum atomic E-state index is 11.6. The predicted octanol–water partition coefficient (Wildman–Crippen LogP) is 3.39. The van der Waals surface area contributed by atoms with Crippen molar-refractivity contribution in [2.24, 2.45) is 10.9 Å². The predicted molar refractivity (Wildman–Crippen MR) is 113 cm³/mol. The average molecular weight is 452 g/mol. The number of hydrogen-bond acceptors (Lipinski definition) is 2. The summed E-state index contributed by atoms with van der Waals surface area (Å²) in [5.74, 6) is 1.87. The largest absolute Gasteiger partial charge is 0.357 e. The Balaban J connectivity index is 0.00000529. The third kappa shape index (κ3) is 10.4. The molecule has 5 nitrogen and oxygen atoms in total. The zero-order valence-electron chi connectivity index (χ0n) is 15.9. The first-order valence-electron chi connectivity index (χ1n) is 9.28. The molecule has 0 saturated heterocycles. The number of guanidine groups is 1. The molecule has 1 amide bonds. The Bertz CT molecular complexity index is 368. The van der Waals surface area contributed by atoms with E-state index in [1.807, 2.05) is 0 Å². The van der Waals surface area contributed by atoms with Gasteiger partial charge in [0.2, 0.25) is 5.91 Å². The molecule has 1 aliphatic carbocycles. The van der Waals surface area contributed by atoms with E-state index >= 15 is 0 Å².